The van der Waals surface area contributed by atoms with E-state index in [0.717, 1.165) is 6.42 Å². The average Bonchev–Trinajstić information content (AvgIpc) is 2.38. The van der Waals surface area contributed by atoms with Crippen molar-refractivity contribution in [2.24, 2.45) is 0 Å². The molecule has 0 aromatic carbocycles. The quantitative estimate of drug-likeness (QED) is 0.831. The van der Waals surface area contributed by atoms with E-state index in [1.54, 1.807) is 6.92 Å². The highest BCUT2D eigenvalue weighted by molar-refractivity contribution is 6.29. The van der Waals surface area contributed by atoms with Gasteiger partial charge in [-0.2, -0.15) is 0 Å². The largest absolute Gasteiger partial charge is 0.467 e. The van der Waals surface area contributed by atoms with E-state index in [4.69, 9.17) is 16.3 Å². The molecular formula is C12H16ClN3O3. The molecule has 1 aromatic rings. The van der Waals surface area contributed by atoms with Crippen LogP contribution in [0.4, 0.5) is 0 Å². The van der Waals surface area contributed by atoms with Crippen LogP contribution in [0.25, 0.3) is 0 Å². The Morgan fingerprint density at radius 2 is 2.11 bits per heavy atom. The summed E-state index contributed by atoms with van der Waals surface area (Å²) in [6.07, 6.45) is 1.19. The molecule has 7 heteroatoms. The Morgan fingerprint density at radius 1 is 1.42 bits per heavy atom. The van der Waals surface area contributed by atoms with Crippen LogP contribution in [0.5, 0.6) is 0 Å². The zero-order valence-electron chi connectivity index (χ0n) is 11.1. The number of nitrogens with one attached hydrogen (secondary N) is 1. The van der Waals surface area contributed by atoms with Gasteiger partial charge in [-0.25, -0.2) is 4.79 Å². The molecule has 0 aliphatic heterocycles. The van der Waals surface area contributed by atoms with Crippen molar-refractivity contribution in [3.8, 4) is 0 Å². The van der Waals surface area contributed by atoms with Crippen LogP contribution in [0.2, 0.25) is 5.15 Å². The molecule has 0 saturated heterocycles. The molecule has 1 N–H and O–H groups in total. The van der Waals surface area contributed by atoms with Gasteiger partial charge in [-0.3, -0.25) is 4.79 Å². The van der Waals surface area contributed by atoms with Crippen molar-refractivity contribution in [3.63, 3.8) is 0 Å². The zero-order valence-corrected chi connectivity index (χ0v) is 11.8. The summed E-state index contributed by atoms with van der Waals surface area (Å²) in [5.74, 6) is -0.991. The number of hydrogen-bond acceptors (Lipinski definition) is 5. The van der Waals surface area contributed by atoms with Crippen LogP contribution in [0.1, 0.15) is 37.2 Å². The fraction of sp³-hybridized carbons (Fsp3) is 0.500. The number of carbonyl (C=O) groups excluding carboxylic acids is 2. The van der Waals surface area contributed by atoms with Gasteiger partial charge < -0.3 is 10.1 Å². The highest BCUT2D eigenvalue weighted by atomic mass is 35.5. The van der Waals surface area contributed by atoms with E-state index < -0.39 is 17.4 Å². The molecule has 1 heterocycles. The first-order chi connectivity index (χ1) is 8.92. The molecule has 0 bridgehead atoms. The minimum Gasteiger partial charge on any atom is -0.467 e. The smallest absolute Gasteiger partial charge is 0.331 e. The SMILES string of the molecule is CCCC(C)(NC(=O)c1ccc(Cl)nn1)C(=O)OC. The lowest BCUT2D eigenvalue weighted by Crippen LogP contribution is -2.52. The minimum absolute atomic E-state index is 0.0932. The van der Waals surface area contributed by atoms with Gasteiger partial charge in [-0.15, -0.1) is 10.2 Å². The lowest BCUT2D eigenvalue weighted by atomic mass is 9.96. The minimum atomic E-state index is -1.08. The Labute approximate surface area is 116 Å². The van der Waals surface area contributed by atoms with Crippen molar-refractivity contribution < 1.29 is 14.3 Å². The number of hydrogen-bond donors (Lipinski definition) is 1. The molecule has 0 spiro atoms. The summed E-state index contributed by atoms with van der Waals surface area (Å²) in [6.45, 7) is 3.53. The molecule has 6 nitrogen and oxygen atoms in total. The molecule has 1 aromatic heterocycles. The molecule has 0 radical (unpaired) electrons. The Hall–Kier alpha value is -1.69. The van der Waals surface area contributed by atoms with E-state index >= 15 is 0 Å². The molecule has 1 unspecified atom stereocenters. The third kappa shape index (κ3) is 3.89. The fourth-order valence-corrected chi connectivity index (χ4v) is 1.79. The summed E-state index contributed by atoms with van der Waals surface area (Å²) in [7, 11) is 1.28. The van der Waals surface area contributed by atoms with Crippen LogP contribution in [-0.4, -0.2) is 34.7 Å². The van der Waals surface area contributed by atoms with Crippen LogP contribution in [0.3, 0.4) is 0 Å². The van der Waals surface area contributed by atoms with E-state index in [1.165, 1.54) is 19.2 Å². The van der Waals surface area contributed by atoms with E-state index in [2.05, 4.69) is 15.5 Å². The second-order valence-electron chi connectivity index (χ2n) is 4.27. The predicted octanol–water partition coefficient (Wildman–Crippen LogP) is 1.59. The molecule has 1 rings (SSSR count). The summed E-state index contributed by atoms with van der Waals surface area (Å²) in [4.78, 5) is 23.8. The lowest BCUT2D eigenvalue weighted by Gasteiger charge is -2.27. The van der Waals surface area contributed by atoms with Crippen molar-refractivity contribution in [3.05, 3.63) is 23.0 Å². The molecule has 0 fully saturated rings. The Balaban J connectivity index is 2.87. The highest BCUT2D eigenvalue weighted by Crippen LogP contribution is 2.15. The average molecular weight is 286 g/mol. The third-order valence-corrected chi connectivity index (χ3v) is 2.84. The fourth-order valence-electron chi connectivity index (χ4n) is 1.69. The number of esters is 1. The standard InChI is InChI=1S/C12H16ClN3O3/c1-4-7-12(2,11(18)19-3)14-10(17)8-5-6-9(13)16-15-8/h5-6H,4,7H2,1-3H3,(H,14,17). The molecule has 104 valence electrons. The molecule has 0 saturated carbocycles. The van der Waals surface area contributed by atoms with Crippen LogP contribution in [0, 0.1) is 0 Å². The van der Waals surface area contributed by atoms with Crippen molar-refractivity contribution in [1.82, 2.24) is 15.5 Å². The topological polar surface area (TPSA) is 81.2 Å². The summed E-state index contributed by atoms with van der Waals surface area (Å²) < 4.78 is 4.71. The van der Waals surface area contributed by atoms with Crippen LogP contribution in [0.15, 0.2) is 12.1 Å². The predicted molar refractivity (Wildman–Crippen MR) is 69.8 cm³/mol. The number of amides is 1. The second-order valence-corrected chi connectivity index (χ2v) is 4.66. The number of methoxy groups -OCH3 is 1. The van der Waals surface area contributed by atoms with Crippen LogP contribution >= 0.6 is 11.6 Å². The number of carbonyl (C=O) groups is 2. The van der Waals surface area contributed by atoms with Crippen molar-refractivity contribution >= 4 is 23.5 Å². The Kier molecular flexibility index (Phi) is 5.23. The summed E-state index contributed by atoms with van der Waals surface area (Å²) in [5, 5.41) is 10.1. The van der Waals surface area contributed by atoms with Gasteiger partial charge in [0.15, 0.2) is 10.8 Å². The van der Waals surface area contributed by atoms with Crippen molar-refractivity contribution in [2.45, 2.75) is 32.2 Å². The van der Waals surface area contributed by atoms with Gasteiger partial charge in [-0.05, 0) is 25.5 Å². The molecule has 1 amide bonds. The van der Waals surface area contributed by atoms with Gasteiger partial charge in [0.05, 0.1) is 7.11 Å². The molecule has 1 atom stereocenters. The van der Waals surface area contributed by atoms with Crippen molar-refractivity contribution in [2.75, 3.05) is 7.11 Å². The molecule has 0 aliphatic carbocycles. The lowest BCUT2D eigenvalue weighted by molar-refractivity contribution is -0.147. The van der Waals surface area contributed by atoms with Crippen LogP contribution < -0.4 is 5.32 Å². The van der Waals surface area contributed by atoms with Crippen molar-refractivity contribution in [1.29, 1.82) is 0 Å². The zero-order chi connectivity index (χ0) is 14.5. The van der Waals surface area contributed by atoms with Gasteiger partial charge in [0.25, 0.3) is 5.91 Å². The molecular weight excluding hydrogens is 270 g/mol. The maximum absolute atomic E-state index is 12.0. The molecule has 0 aliphatic rings. The van der Waals surface area contributed by atoms with E-state index in [9.17, 15) is 9.59 Å². The normalized spacial score (nSPS) is 13.5. The van der Waals surface area contributed by atoms with Gasteiger partial charge in [0.2, 0.25) is 0 Å². The summed E-state index contributed by atoms with van der Waals surface area (Å²) >= 11 is 5.59. The maximum Gasteiger partial charge on any atom is 0.331 e. The first-order valence-corrected chi connectivity index (χ1v) is 6.21. The first-order valence-electron chi connectivity index (χ1n) is 5.83. The number of rotatable bonds is 5. The Bertz CT molecular complexity index is 464. The van der Waals surface area contributed by atoms with E-state index in [1.807, 2.05) is 6.92 Å². The summed E-state index contributed by atoms with van der Waals surface area (Å²) in [5.41, 5.74) is -0.988. The van der Waals surface area contributed by atoms with Crippen LogP contribution in [-0.2, 0) is 9.53 Å². The third-order valence-electron chi connectivity index (χ3n) is 2.64. The van der Waals surface area contributed by atoms with E-state index in [-0.39, 0.29) is 10.8 Å². The highest BCUT2D eigenvalue weighted by Gasteiger charge is 2.35. The number of aromatic nitrogens is 2. The van der Waals surface area contributed by atoms with Gasteiger partial charge >= 0.3 is 5.97 Å². The van der Waals surface area contributed by atoms with Gasteiger partial charge in [0.1, 0.15) is 5.54 Å². The van der Waals surface area contributed by atoms with Gasteiger partial charge in [-0.1, -0.05) is 24.9 Å². The van der Waals surface area contributed by atoms with Gasteiger partial charge in [0, 0.05) is 0 Å². The first kappa shape index (κ1) is 15.4. The monoisotopic (exact) mass is 285 g/mol. The number of halogens is 1. The number of nitrogens with zero attached hydrogens (tertiary/aromatic N) is 2. The maximum atomic E-state index is 12.0. The Morgan fingerprint density at radius 3 is 2.58 bits per heavy atom. The number of ether oxygens (including phenoxy) is 1. The molecule has 19 heavy (non-hydrogen) atoms. The second kappa shape index (κ2) is 6.47. The van der Waals surface area contributed by atoms with E-state index in [0.29, 0.717) is 6.42 Å². The summed E-state index contributed by atoms with van der Waals surface area (Å²) in [6, 6.07) is 2.90.